The summed E-state index contributed by atoms with van der Waals surface area (Å²) < 4.78 is 15.8. The number of rotatable bonds is 6. The van der Waals surface area contributed by atoms with Crippen LogP contribution in [-0.4, -0.2) is 27.1 Å². The number of methoxy groups -OCH3 is 3. The van der Waals surface area contributed by atoms with Gasteiger partial charge in [-0.05, 0) is 48.0 Å². The minimum Gasteiger partial charge on any atom is -0.493 e. The molecule has 0 aliphatic carbocycles. The summed E-state index contributed by atoms with van der Waals surface area (Å²) >= 11 is 0. The van der Waals surface area contributed by atoms with Gasteiger partial charge >= 0.3 is 0 Å². The molecule has 0 fully saturated rings. The van der Waals surface area contributed by atoms with Crippen LogP contribution in [0.4, 0.5) is 0 Å². The van der Waals surface area contributed by atoms with E-state index in [1.807, 2.05) is 6.07 Å². The Morgan fingerprint density at radius 2 is 1.58 bits per heavy atom. The lowest BCUT2D eigenvalue weighted by Crippen LogP contribution is -1.96. The van der Waals surface area contributed by atoms with E-state index in [1.54, 1.807) is 42.5 Å². The van der Waals surface area contributed by atoms with E-state index in [-0.39, 0.29) is 5.78 Å². The van der Waals surface area contributed by atoms with Gasteiger partial charge in [-0.25, -0.2) is 0 Å². The third-order valence-corrected chi connectivity index (χ3v) is 3.41. The number of benzene rings is 2. The van der Waals surface area contributed by atoms with E-state index in [4.69, 9.17) is 19.5 Å². The third-order valence-electron chi connectivity index (χ3n) is 3.41. The molecule has 2 rings (SSSR count). The van der Waals surface area contributed by atoms with Crippen LogP contribution in [-0.2, 0) is 0 Å². The molecule has 0 radical (unpaired) electrons. The summed E-state index contributed by atoms with van der Waals surface area (Å²) in [5.74, 6) is 1.37. The van der Waals surface area contributed by atoms with Crippen LogP contribution in [0, 0.1) is 11.3 Å². The predicted molar refractivity (Wildman–Crippen MR) is 90.6 cm³/mol. The summed E-state index contributed by atoms with van der Waals surface area (Å²) in [5, 5.41) is 8.78. The summed E-state index contributed by atoms with van der Waals surface area (Å²) in [6.07, 6.45) is 3.13. The third kappa shape index (κ3) is 3.73. The molecule has 5 nitrogen and oxygen atoms in total. The van der Waals surface area contributed by atoms with Crippen LogP contribution < -0.4 is 14.2 Å². The molecule has 122 valence electrons. The molecule has 0 heterocycles. The number of allylic oxidation sites excluding steroid dienone is 1. The lowest BCUT2D eigenvalue weighted by atomic mass is 10.1. The van der Waals surface area contributed by atoms with E-state index in [2.05, 4.69) is 0 Å². The molecule has 0 aliphatic heterocycles. The summed E-state index contributed by atoms with van der Waals surface area (Å²) in [7, 11) is 4.60. The Morgan fingerprint density at radius 3 is 2.04 bits per heavy atom. The largest absolute Gasteiger partial charge is 0.493 e. The lowest BCUT2D eigenvalue weighted by Gasteiger charge is -2.12. The van der Waals surface area contributed by atoms with E-state index in [9.17, 15) is 4.79 Å². The summed E-state index contributed by atoms with van der Waals surface area (Å²) in [6, 6.07) is 12.0. The molecular weight excluding hydrogens is 306 g/mol. The van der Waals surface area contributed by atoms with Crippen LogP contribution in [0.15, 0.2) is 42.5 Å². The van der Waals surface area contributed by atoms with Crippen molar-refractivity contribution in [2.75, 3.05) is 21.3 Å². The quantitative estimate of drug-likeness (QED) is 0.601. The van der Waals surface area contributed by atoms with Gasteiger partial charge in [-0.1, -0.05) is 6.08 Å². The predicted octanol–water partition coefficient (Wildman–Crippen LogP) is 3.48. The first-order valence-corrected chi connectivity index (χ1v) is 7.15. The van der Waals surface area contributed by atoms with Gasteiger partial charge < -0.3 is 14.2 Å². The summed E-state index contributed by atoms with van der Waals surface area (Å²) in [6.45, 7) is 0. The van der Waals surface area contributed by atoms with Gasteiger partial charge in [-0.15, -0.1) is 0 Å². The van der Waals surface area contributed by atoms with Crippen LogP contribution in [0.3, 0.4) is 0 Å². The molecule has 2 aromatic carbocycles. The zero-order chi connectivity index (χ0) is 17.5. The fourth-order valence-corrected chi connectivity index (χ4v) is 2.17. The Labute approximate surface area is 140 Å². The molecule has 0 spiro atoms. The second-order valence-corrected chi connectivity index (χ2v) is 4.85. The number of hydrogen-bond acceptors (Lipinski definition) is 5. The van der Waals surface area contributed by atoms with Gasteiger partial charge in [0.15, 0.2) is 17.3 Å². The smallest absolute Gasteiger partial charge is 0.203 e. The molecule has 0 saturated carbocycles. The normalized spacial score (nSPS) is 10.2. The Morgan fingerprint density at radius 1 is 1.00 bits per heavy atom. The minimum atomic E-state index is -0.159. The Bertz CT molecular complexity index is 776. The zero-order valence-corrected chi connectivity index (χ0v) is 13.7. The summed E-state index contributed by atoms with van der Waals surface area (Å²) in [5.41, 5.74) is 1.77. The molecule has 0 saturated heterocycles. The highest BCUT2D eigenvalue weighted by atomic mass is 16.5. The Balaban J connectivity index is 2.27. The van der Waals surface area contributed by atoms with Crippen molar-refractivity contribution < 1.29 is 19.0 Å². The van der Waals surface area contributed by atoms with Gasteiger partial charge in [0.1, 0.15) is 0 Å². The van der Waals surface area contributed by atoms with Gasteiger partial charge in [0.2, 0.25) is 5.75 Å². The SMILES string of the molecule is COc1cc(/C=C\C(=O)c2ccc(C#N)cc2)cc(OC)c1OC. The molecule has 0 aromatic heterocycles. The van der Waals surface area contributed by atoms with Crippen LogP contribution in [0.1, 0.15) is 21.5 Å². The molecule has 24 heavy (non-hydrogen) atoms. The van der Waals surface area contributed by atoms with E-state index in [0.717, 1.165) is 5.56 Å². The van der Waals surface area contributed by atoms with Crippen molar-refractivity contribution in [2.24, 2.45) is 0 Å². The first-order chi connectivity index (χ1) is 11.6. The molecule has 5 heteroatoms. The fraction of sp³-hybridized carbons (Fsp3) is 0.158. The molecule has 0 aliphatic rings. The van der Waals surface area contributed by atoms with Gasteiger partial charge in [0.25, 0.3) is 0 Å². The molecule has 0 atom stereocenters. The van der Waals surface area contributed by atoms with Crippen molar-refractivity contribution in [1.29, 1.82) is 5.26 Å². The monoisotopic (exact) mass is 323 g/mol. The van der Waals surface area contributed by atoms with Gasteiger partial charge in [-0.2, -0.15) is 5.26 Å². The average Bonchev–Trinajstić information content (AvgIpc) is 2.65. The molecule has 2 aromatic rings. The van der Waals surface area contributed by atoms with Crippen molar-refractivity contribution in [3.05, 3.63) is 59.2 Å². The second-order valence-electron chi connectivity index (χ2n) is 4.85. The highest BCUT2D eigenvalue weighted by Crippen LogP contribution is 2.38. The molecule has 0 bridgehead atoms. The number of hydrogen-bond donors (Lipinski definition) is 0. The molecular formula is C19H17NO4. The zero-order valence-electron chi connectivity index (χ0n) is 13.7. The highest BCUT2D eigenvalue weighted by Gasteiger charge is 2.12. The highest BCUT2D eigenvalue weighted by molar-refractivity contribution is 6.06. The first-order valence-electron chi connectivity index (χ1n) is 7.15. The van der Waals surface area contributed by atoms with Crippen molar-refractivity contribution >= 4 is 11.9 Å². The maximum atomic E-state index is 12.2. The molecule has 0 unspecified atom stereocenters. The van der Waals surface area contributed by atoms with Gasteiger partial charge in [0.05, 0.1) is 33.0 Å². The lowest BCUT2D eigenvalue weighted by molar-refractivity contribution is 0.104. The van der Waals surface area contributed by atoms with E-state index < -0.39 is 0 Å². The van der Waals surface area contributed by atoms with Gasteiger partial charge in [0, 0.05) is 5.56 Å². The van der Waals surface area contributed by atoms with Crippen LogP contribution in [0.5, 0.6) is 17.2 Å². The average molecular weight is 323 g/mol. The summed E-state index contributed by atoms with van der Waals surface area (Å²) in [4.78, 5) is 12.2. The first kappa shape index (κ1) is 17.1. The van der Waals surface area contributed by atoms with Crippen molar-refractivity contribution in [3.63, 3.8) is 0 Å². The van der Waals surface area contributed by atoms with Crippen molar-refractivity contribution in [2.45, 2.75) is 0 Å². The second kappa shape index (κ2) is 7.84. The number of ether oxygens (including phenoxy) is 3. The topological polar surface area (TPSA) is 68.6 Å². The van der Waals surface area contributed by atoms with Crippen molar-refractivity contribution in [1.82, 2.24) is 0 Å². The number of carbonyl (C=O) groups excluding carboxylic acids is 1. The molecule has 0 amide bonds. The van der Waals surface area contributed by atoms with Gasteiger partial charge in [-0.3, -0.25) is 4.79 Å². The van der Waals surface area contributed by atoms with Crippen molar-refractivity contribution in [3.8, 4) is 23.3 Å². The van der Waals surface area contributed by atoms with Crippen LogP contribution in [0.2, 0.25) is 0 Å². The maximum absolute atomic E-state index is 12.2. The van der Waals surface area contributed by atoms with Crippen LogP contribution in [0.25, 0.3) is 6.08 Å². The fourth-order valence-electron chi connectivity index (χ4n) is 2.17. The van der Waals surface area contributed by atoms with E-state index in [1.165, 1.54) is 27.4 Å². The molecule has 0 N–H and O–H groups in total. The number of nitrogens with zero attached hydrogens (tertiary/aromatic N) is 1. The van der Waals surface area contributed by atoms with E-state index >= 15 is 0 Å². The Hall–Kier alpha value is -3.26. The minimum absolute atomic E-state index is 0.159. The van der Waals surface area contributed by atoms with Crippen LogP contribution >= 0.6 is 0 Å². The van der Waals surface area contributed by atoms with E-state index in [0.29, 0.717) is 28.4 Å². The number of ketones is 1. The number of carbonyl (C=O) groups is 1. The maximum Gasteiger partial charge on any atom is 0.203 e. The Kier molecular flexibility index (Phi) is 5.58. The number of nitriles is 1. The standard InChI is InChI=1S/C19H17NO4/c1-22-17-10-14(11-18(23-2)19(17)24-3)6-9-16(21)15-7-4-13(12-20)5-8-15/h4-11H,1-3H3/b9-6-.